The van der Waals surface area contributed by atoms with Gasteiger partial charge in [0, 0.05) is 56.5 Å². The van der Waals surface area contributed by atoms with Crippen LogP contribution < -0.4 is 10.2 Å². The van der Waals surface area contributed by atoms with Gasteiger partial charge in [-0.1, -0.05) is 20.4 Å². The van der Waals surface area contributed by atoms with Crippen molar-refractivity contribution in [2.75, 3.05) is 36.4 Å². The van der Waals surface area contributed by atoms with Crippen molar-refractivity contribution in [2.24, 2.45) is 11.3 Å². The van der Waals surface area contributed by atoms with Gasteiger partial charge < -0.3 is 19.5 Å². The number of fused-ring (bicyclic) bond motifs is 1. The standard InChI is InChI=1S/C26H37N7O2/c1-5-23(34)33-15-26(16-33)10-11-32(14-26)25-28-21-9-7-6-8-20(21)24(29-25)27-19(12-17(2)3)13-22-31-30-18(4)35-22/h5,17,19H,1,6-16H2,2-4H3,(H,27,28,29)/t19-/m0/s1. The van der Waals surface area contributed by atoms with Crippen LogP contribution in [0.3, 0.4) is 0 Å². The predicted octanol–water partition coefficient (Wildman–Crippen LogP) is 3.34. The summed E-state index contributed by atoms with van der Waals surface area (Å²) in [5.74, 6) is 3.58. The van der Waals surface area contributed by atoms with Crippen LogP contribution in [0.4, 0.5) is 11.8 Å². The van der Waals surface area contributed by atoms with Gasteiger partial charge in [0.15, 0.2) is 0 Å². The van der Waals surface area contributed by atoms with Crippen molar-refractivity contribution in [2.45, 2.75) is 71.8 Å². The number of hydrogen-bond acceptors (Lipinski definition) is 8. The molecule has 0 saturated carbocycles. The molecular formula is C26H37N7O2. The normalized spacial score (nSPS) is 19.5. The van der Waals surface area contributed by atoms with E-state index in [0.717, 1.165) is 63.6 Å². The highest BCUT2D eigenvalue weighted by atomic mass is 16.4. The minimum absolute atomic E-state index is 0.0261. The Morgan fingerprint density at radius 1 is 1.20 bits per heavy atom. The molecule has 2 aromatic rings. The monoisotopic (exact) mass is 479 g/mol. The Labute approximate surface area is 207 Å². The maximum absolute atomic E-state index is 11.9. The molecule has 9 heteroatoms. The molecule has 1 atom stereocenters. The van der Waals surface area contributed by atoms with E-state index in [1.165, 1.54) is 30.2 Å². The zero-order valence-electron chi connectivity index (χ0n) is 21.2. The number of nitrogens with zero attached hydrogens (tertiary/aromatic N) is 6. The topological polar surface area (TPSA) is 100 Å². The van der Waals surface area contributed by atoms with Crippen molar-refractivity contribution in [3.8, 4) is 0 Å². The molecule has 2 aromatic heterocycles. The van der Waals surface area contributed by atoms with Crippen LogP contribution in [0.5, 0.6) is 0 Å². The van der Waals surface area contributed by atoms with Crippen LogP contribution in [-0.2, 0) is 24.1 Å². The molecule has 1 aliphatic carbocycles. The van der Waals surface area contributed by atoms with Crippen molar-refractivity contribution in [1.29, 1.82) is 0 Å². The first kappa shape index (κ1) is 23.8. The zero-order chi connectivity index (χ0) is 24.6. The number of carbonyl (C=O) groups is 1. The lowest BCUT2D eigenvalue weighted by atomic mass is 9.79. The molecule has 2 fully saturated rings. The van der Waals surface area contributed by atoms with Crippen molar-refractivity contribution < 1.29 is 9.21 Å². The first-order chi connectivity index (χ1) is 16.8. The highest BCUT2D eigenvalue weighted by molar-refractivity contribution is 5.87. The summed E-state index contributed by atoms with van der Waals surface area (Å²) < 4.78 is 5.69. The summed E-state index contributed by atoms with van der Waals surface area (Å²) in [5, 5.41) is 12.0. The summed E-state index contributed by atoms with van der Waals surface area (Å²) in [4.78, 5) is 26.3. The Bertz CT molecular complexity index is 1090. The third-order valence-corrected chi connectivity index (χ3v) is 7.52. The number of anilines is 2. The molecule has 9 nitrogen and oxygen atoms in total. The van der Waals surface area contributed by atoms with Crippen LogP contribution in [0.2, 0.25) is 0 Å². The van der Waals surface area contributed by atoms with Crippen molar-refractivity contribution >= 4 is 17.7 Å². The van der Waals surface area contributed by atoms with Gasteiger partial charge in [-0.05, 0) is 50.5 Å². The molecule has 4 heterocycles. The average Bonchev–Trinajstić information content (AvgIpc) is 3.44. The van der Waals surface area contributed by atoms with Gasteiger partial charge in [-0.3, -0.25) is 4.79 Å². The Morgan fingerprint density at radius 3 is 2.71 bits per heavy atom. The van der Waals surface area contributed by atoms with Gasteiger partial charge in [0.25, 0.3) is 0 Å². The van der Waals surface area contributed by atoms with E-state index in [1.807, 2.05) is 11.8 Å². The van der Waals surface area contributed by atoms with Crippen LogP contribution in [-0.4, -0.2) is 63.2 Å². The van der Waals surface area contributed by atoms with Crippen molar-refractivity contribution in [3.63, 3.8) is 0 Å². The quantitative estimate of drug-likeness (QED) is 0.576. The summed E-state index contributed by atoms with van der Waals surface area (Å²) in [6.45, 7) is 13.3. The van der Waals surface area contributed by atoms with E-state index >= 15 is 0 Å². The molecule has 1 amide bonds. The largest absolute Gasteiger partial charge is 0.426 e. The summed E-state index contributed by atoms with van der Waals surface area (Å²) in [6, 6.07) is 0.152. The Hall–Kier alpha value is -2.97. The summed E-state index contributed by atoms with van der Waals surface area (Å²) in [5.41, 5.74) is 2.59. The molecule has 1 spiro atoms. The summed E-state index contributed by atoms with van der Waals surface area (Å²) in [7, 11) is 0. The first-order valence-electron chi connectivity index (χ1n) is 13.0. The molecule has 188 valence electrons. The van der Waals surface area contributed by atoms with E-state index in [2.05, 4.69) is 40.8 Å². The number of aromatic nitrogens is 4. The number of amides is 1. The van der Waals surface area contributed by atoms with Crippen LogP contribution in [0.15, 0.2) is 17.1 Å². The van der Waals surface area contributed by atoms with Crippen molar-refractivity contribution in [3.05, 3.63) is 35.7 Å². The minimum Gasteiger partial charge on any atom is -0.426 e. The van der Waals surface area contributed by atoms with E-state index in [9.17, 15) is 4.79 Å². The fraction of sp³-hybridized carbons (Fsp3) is 0.654. The molecule has 35 heavy (non-hydrogen) atoms. The SMILES string of the molecule is C=CC(=O)N1CC2(CCN(c3nc4c(c(N[C@H](Cc5nnc(C)o5)CC(C)C)n3)CCCC4)C2)C1. The second-order valence-electron chi connectivity index (χ2n) is 11.0. The molecule has 2 saturated heterocycles. The molecule has 3 aliphatic rings. The fourth-order valence-corrected chi connectivity index (χ4v) is 5.84. The number of likely N-dealkylation sites (tertiary alicyclic amines) is 1. The molecule has 5 rings (SSSR count). The molecule has 0 unspecified atom stereocenters. The molecule has 2 aliphatic heterocycles. The number of aryl methyl sites for hydroxylation is 2. The first-order valence-corrected chi connectivity index (χ1v) is 13.0. The molecule has 0 aromatic carbocycles. The number of rotatable bonds is 8. The van der Waals surface area contributed by atoms with Gasteiger partial charge >= 0.3 is 0 Å². The van der Waals surface area contributed by atoms with E-state index in [0.29, 0.717) is 24.1 Å². The van der Waals surface area contributed by atoms with Crippen LogP contribution in [0, 0.1) is 18.3 Å². The lowest BCUT2D eigenvalue weighted by molar-refractivity contribution is -0.136. The summed E-state index contributed by atoms with van der Waals surface area (Å²) >= 11 is 0. The number of hydrogen-bond donors (Lipinski definition) is 1. The second kappa shape index (κ2) is 9.59. The van der Waals surface area contributed by atoms with Gasteiger partial charge in [-0.15, -0.1) is 10.2 Å². The van der Waals surface area contributed by atoms with Gasteiger partial charge in [-0.2, -0.15) is 4.98 Å². The van der Waals surface area contributed by atoms with E-state index in [1.54, 1.807) is 0 Å². The highest BCUT2D eigenvalue weighted by Crippen LogP contribution is 2.41. The summed E-state index contributed by atoms with van der Waals surface area (Å²) in [6.07, 6.45) is 8.47. The third kappa shape index (κ3) is 5.04. The molecule has 0 bridgehead atoms. The van der Waals surface area contributed by atoms with Gasteiger partial charge in [0.05, 0.1) is 5.69 Å². The number of nitrogens with one attached hydrogen (secondary N) is 1. The molecule has 0 radical (unpaired) electrons. The second-order valence-corrected chi connectivity index (χ2v) is 11.0. The lowest BCUT2D eigenvalue weighted by Gasteiger charge is -2.47. The van der Waals surface area contributed by atoms with Crippen LogP contribution in [0.25, 0.3) is 0 Å². The van der Waals surface area contributed by atoms with Crippen molar-refractivity contribution in [1.82, 2.24) is 25.1 Å². The van der Waals surface area contributed by atoms with Gasteiger partial charge in [0.2, 0.25) is 23.6 Å². The Kier molecular flexibility index (Phi) is 6.51. The average molecular weight is 480 g/mol. The van der Waals surface area contributed by atoms with E-state index < -0.39 is 0 Å². The van der Waals surface area contributed by atoms with E-state index in [4.69, 9.17) is 14.4 Å². The minimum atomic E-state index is 0.0261. The van der Waals surface area contributed by atoms with Crippen LogP contribution >= 0.6 is 0 Å². The molecule has 1 N–H and O–H groups in total. The van der Waals surface area contributed by atoms with Gasteiger partial charge in [-0.25, -0.2) is 4.98 Å². The van der Waals surface area contributed by atoms with E-state index in [-0.39, 0.29) is 17.4 Å². The predicted molar refractivity (Wildman–Crippen MR) is 134 cm³/mol. The maximum atomic E-state index is 11.9. The number of carbonyl (C=O) groups excluding carboxylic acids is 1. The fourth-order valence-electron chi connectivity index (χ4n) is 5.84. The lowest BCUT2D eigenvalue weighted by Crippen LogP contribution is -2.59. The smallest absolute Gasteiger partial charge is 0.245 e. The maximum Gasteiger partial charge on any atom is 0.245 e. The molecular weight excluding hydrogens is 442 g/mol. The highest BCUT2D eigenvalue weighted by Gasteiger charge is 2.49. The van der Waals surface area contributed by atoms with Crippen LogP contribution in [0.1, 0.15) is 62.6 Å². The Balaban J connectivity index is 1.37. The van der Waals surface area contributed by atoms with Gasteiger partial charge in [0.1, 0.15) is 5.82 Å². The zero-order valence-corrected chi connectivity index (χ0v) is 21.2. The third-order valence-electron chi connectivity index (χ3n) is 7.52. The Morgan fingerprint density at radius 2 is 2.00 bits per heavy atom.